The van der Waals surface area contributed by atoms with Gasteiger partial charge >= 0.3 is 0 Å². The molecular weight excluding hydrogens is 309 g/mol. The van der Waals surface area contributed by atoms with E-state index in [2.05, 4.69) is 10.2 Å². The predicted octanol–water partition coefficient (Wildman–Crippen LogP) is 2.61. The molecule has 3 rings (SSSR count). The van der Waals surface area contributed by atoms with Crippen LogP contribution in [0.4, 0.5) is 4.39 Å². The summed E-state index contributed by atoms with van der Waals surface area (Å²) in [5, 5.41) is 6.96. The average Bonchev–Trinajstić information content (AvgIpc) is 2.99. The molecule has 1 amide bonds. The molecule has 2 heterocycles. The molecule has 1 aliphatic heterocycles. The Balaban J connectivity index is 1.52. The molecule has 0 bridgehead atoms. The summed E-state index contributed by atoms with van der Waals surface area (Å²) in [6.45, 7) is 3.44. The van der Waals surface area contributed by atoms with Gasteiger partial charge in [0, 0.05) is 24.3 Å². The summed E-state index contributed by atoms with van der Waals surface area (Å²) < 4.78 is 19.5. The summed E-state index contributed by atoms with van der Waals surface area (Å²) >= 11 is 0. The number of aromatic amines is 1. The maximum atomic E-state index is 13.6. The molecule has 1 aromatic heterocycles. The fraction of sp³-hybridized carbons (Fsp3) is 0.444. The summed E-state index contributed by atoms with van der Waals surface area (Å²) in [5.41, 5.74) is 2.25. The highest BCUT2D eigenvalue weighted by molar-refractivity contribution is 5.78. The van der Waals surface area contributed by atoms with E-state index in [9.17, 15) is 9.18 Å². The highest BCUT2D eigenvalue weighted by atomic mass is 19.1. The van der Waals surface area contributed by atoms with Crippen molar-refractivity contribution in [1.82, 2.24) is 15.1 Å². The van der Waals surface area contributed by atoms with Crippen molar-refractivity contribution in [1.29, 1.82) is 0 Å². The number of hydrogen-bond donors (Lipinski definition) is 1. The van der Waals surface area contributed by atoms with E-state index < -0.39 is 0 Å². The van der Waals surface area contributed by atoms with Crippen LogP contribution < -0.4 is 0 Å². The van der Waals surface area contributed by atoms with Crippen LogP contribution in [0.5, 0.6) is 0 Å². The monoisotopic (exact) mass is 331 g/mol. The molecule has 1 aromatic carbocycles. The van der Waals surface area contributed by atoms with Crippen LogP contribution in [0.25, 0.3) is 0 Å². The van der Waals surface area contributed by atoms with E-state index in [1.54, 1.807) is 18.2 Å². The largest absolute Gasteiger partial charge is 0.372 e. The number of carbonyl (C=O) groups excluding carboxylic acids is 1. The van der Waals surface area contributed by atoms with Gasteiger partial charge in [-0.2, -0.15) is 5.10 Å². The second-order valence-electron chi connectivity index (χ2n) is 6.23. The lowest BCUT2D eigenvalue weighted by Gasteiger charge is -2.32. The number of nitrogens with one attached hydrogen (secondary N) is 1. The van der Waals surface area contributed by atoms with Crippen LogP contribution in [0.3, 0.4) is 0 Å². The topological polar surface area (TPSA) is 58.2 Å². The number of carbonyl (C=O) groups is 1. The third-order valence-corrected chi connectivity index (χ3v) is 4.25. The van der Waals surface area contributed by atoms with Gasteiger partial charge in [-0.3, -0.25) is 9.89 Å². The van der Waals surface area contributed by atoms with Crippen molar-refractivity contribution >= 4 is 5.91 Å². The molecule has 1 N–H and O–H groups in total. The van der Waals surface area contributed by atoms with Gasteiger partial charge in [-0.1, -0.05) is 18.2 Å². The zero-order chi connectivity index (χ0) is 16.9. The van der Waals surface area contributed by atoms with E-state index >= 15 is 0 Å². The second-order valence-corrected chi connectivity index (χ2v) is 6.23. The van der Waals surface area contributed by atoms with E-state index in [0.29, 0.717) is 18.5 Å². The van der Waals surface area contributed by atoms with Gasteiger partial charge in [0.25, 0.3) is 0 Å². The van der Waals surface area contributed by atoms with Gasteiger partial charge < -0.3 is 9.64 Å². The molecule has 128 valence electrons. The standard InChI is InChI=1S/C18H22FN3O2/c1-13-9-15(21-20-13)10-18(23)22-8-4-6-16(11-22)24-12-14-5-2-3-7-17(14)19/h2-3,5,7,9,16H,4,6,8,10-12H2,1H3,(H,20,21)/t16-/m0/s1. The number of likely N-dealkylation sites (tertiary alicyclic amines) is 1. The molecule has 0 radical (unpaired) electrons. The number of amides is 1. The van der Waals surface area contributed by atoms with Gasteiger partial charge in [0.05, 0.1) is 24.8 Å². The Hall–Kier alpha value is -2.21. The van der Waals surface area contributed by atoms with Crippen molar-refractivity contribution in [3.8, 4) is 0 Å². The third-order valence-electron chi connectivity index (χ3n) is 4.25. The van der Waals surface area contributed by atoms with Crippen LogP contribution in [0.2, 0.25) is 0 Å². The number of piperidine rings is 1. The Morgan fingerprint density at radius 2 is 2.29 bits per heavy atom. The lowest BCUT2D eigenvalue weighted by molar-refractivity contribution is -0.135. The van der Waals surface area contributed by atoms with Crippen LogP contribution >= 0.6 is 0 Å². The van der Waals surface area contributed by atoms with E-state index in [1.165, 1.54) is 6.07 Å². The molecule has 1 saturated heterocycles. The Labute approximate surface area is 140 Å². The number of hydrogen-bond acceptors (Lipinski definition) is 3. The molecular formula is C18H22FN3O2. The number of aryl methyl sites for hydroxylation is 1. The smallest absolute Gasteiger partial charge is 0.228 e. The molecule has 1 atom stereocenters. The van der Waals surface area contributed by atoms with Gasteiger partial charge in [0.15, 0.2) is 0 Å². The highest BCUT2D eigenvalue weighted by Crippen LogP contribution is 2.17. The van der Waals surface area contributed by atoms with Gasteiger partial charge in [-0.15, -0.1) is 0 Å². The normalized spacial score (nSPS) is 17.9. The summed E-state index contributed by atoms with van der Waals surface area (Å²) in [5.74, 6) is -0.198. The quantitative estimate of drug-likeness (QED) is 0.916. The van der Waals surface area contributed by atoms with Crippen molar-refractivity contribution in [2.24, 2.45) is 0 Å². The second kappa shape index (κ2) is 7.57. The molecule has 0 aliphatic carbocycles. The number of ether oxygens (including phenoxy) is 1. The number of H-pyrrole nitrogens is 1. The van der Waals surface area contributed by atoms with Crippen LogP contribution in [0, 0.1) is 12.7 Å². The number of nitrogens with zero attached hydrogens (tertiary/aromatic N) is 2. The van der Waals surface area contributed by atoms with Crippen molar-refractivity contribution in [3.63, 3.8) is 0 Å². The van der Waals surface area contributed by atoms with Crippen molar-refractivity contribution in [3.05, 3.63) is 53.1 Å². The minimum absolute atomic E-state index is 0.0526. The molecule has 6 heteroatoms. The minimum Gasteiger partial charge on any atom is -0.372 e. The zero-order valence-corrected chi connectivity index (χ0v) is 13.8. The van der Waals surface area contributed by atoms with E-state index in [-0.39, 0.29) is 24.4 Å². The van der Waals surface area contributed by atoms with E-state index in [0.717, 1.165) is 30.8 Å². The van der Waals surface area contributed by atoms with Crippen molar-refractivity contribution in [2.75, 3.05) is 13.1 Å². The zero-order valence-electron chi connectivity index (χ0n) is 13.8. The SMILES string of the molecule is Cc1cc(CC(=O)N2CCC[C@H](OCc3ccccc3F)C2)n[nH]1. The van der Waals surface area contributed by atoms with Gasteiger partial charge in [-0.25, -0.2) is 4.39 Å². The molecule has 5 nitrogen and oxygen atoms in total. The van der Waals surface area contributed by atoms with Crippen LogP contribution in [-0.4, -0.2) is 40.2 Å². The summed E-state index contributed by atoms with van der Waals surface area (Å²) in [4.78, 5) is 14.2. The number of benzene rings is 1. The molecule has 2 aromatic rings. The molecule has 24 heavy (non-hydrogen) atoms. The van der Waals surface area contributed by atoms with E-state index in [1.807, 2.05) is 17.9 Å². The maximum absolute atomic E-state index is 13.6. The Morgan fingerprint density at radius 1 is 1.46 bits per heavy atom. The maximum Gasteiger partial charge on any atom is 0.228 e. The van der Waals surface area contributed by atoms with Crippen molar-refractivity contribution < 1.29 is 13.9 Å². The minimum atomic E-state index is -0.254. The summed E-state index contributed by atoms with van der Waals surface area (Å²) in [6.07, 6.45) is 2.03. The molecule has 0 spiro atoms. The molecule has 1 fully saturated rings. The van der Waals surface area contributed by atoms with Crippen LogP contribution in [0.15, 0.2) is 30.3 Å². The first-order chi connectivity index (χ1) is 11.6. The Kier molecular flexibility index (Phi) is 5.25. The Bertz CT molecular complexity index is 701. The summed E-state index contributed by atoms with van der Waals surface area (Å²) in [6, 6.07) is 8.50. The molecule has 1 aliphatic rings. The molecule has 0 saturated carbocycles. The van der Waals surface area contributed by atoms with Gasteiger partial charge in [0.2, 0.25) is 5.91 Å². The number of aromatic nitrogens is 2. The van der Waals surface area contributed by atoms with Gasteiger partial charge in [-0.05, 0) is 31.9 Å². The third kappa shape index (κ3) is 4.20. The van der Waals surface area contributed by atoms with Gasteiger partial charge in [0.1, 0.15) is 5.82 Å². The van der Waals surface area contributed by atoms with Crippen molar-refractivity contribution in [2.45, 2.75) is 38.9 Å². The fourth-order valence-electron chi connectivity index (χ4n) is 2.96. The fourth-order valence-corrected chi connectivity index (χ4v) is 2.96. The predicted molar refractivity (Wildman–Crippen MR) is 87.8 cm³/mol. The first kappa shape index (κ1) is 16.6. The Morgan fingerprint density at radius 3 is 3.04 bits per heavy atom. The lowest BCUT2D eigenvalue weighted by Crippen LogP contribution is -2.43. The lowest BCUT2D eigenvalue weighted by atomic mass is 10.1. The van der Waals surface area contributed by atoms with Crippen LogP contribution in [0.1, 0.15) is 29.8 Å². The summed E-state index contributed by atoms with van der Waals surface area (Å²) in [7, 11) is 0. The number of rotatable bonds is 5. The first-order valence-electron chi connectivity index (χ1n) is 8.25. The van der Waals surface area contributed by atoms with E-state index in [4.69, 9.17) is 4.74 Å². The van der Waals surface area contributed by atoms with Crippen LogP contribution in [-0.2, 0) is 22.6 Å². The first-order valence-corrected chi connectivity index (χ1v) is 8.25. The molecule has 0 unspecified atom stereocenters. The number of halogens is 1. The average molecular weight is 331 g/mol. The highest BCUT2D eigenvalue weighted by Gasteiger charge is 2.24.